The number of nitrogens with zero attached hydrogens (tertiary/aromatic N) is 2. The average Bonchev–Trinajstić information content (AvgIpc) is 3.26. The van der Waals surface area contributed by atoms with Gasteiger partial charge in [0, 0.05) is 44.0 Å². The Balaban J connectivity index is 1.85. The van der Waals surface area contributed by atoms with E-state index < -0.39 is 6.04 Å². The predicted molar refractivity (Wildman–Crippen MR) is 103 cm³/mol. The molecule has 138 valence electrons. The molecule has 2 aromatic rings. The number of hydrogen-bond acceptors (Lipinski definition) is 4. The van der Waals surface area contributed by atoms with Crippen molar-refractivity contribution < 1.29 is 14.4 Å². The van der Waals surface area contributed by atoms with Crippen LogP contribution in [0.4, 0.5) is 11.4 Å². The highest BCUT2D eigenvalue weighted by molar-refractivity contribution is 6.14. The number of nitrogens with one attached hydrogen (secondary N) is 2. The Kier molecular flexibility index (Phi) is 4.07. The Hall–Kier alpha value is -3.35. The summed E-state index contributed by atoms with van der Waals surface area (Å²) in [6.07, 6.45) is 5.35. The molecule has 2 aliphatic rings. The number of carbonyl (C=O) groups is 3. The maximum absolute atomic E-state index is 12.4. The molecule has 0 radical (unpaired) electrons. The molecule has 1 unspecified atom stereocenters. The van der Waals surface area contributed by atoms with E-state index >= 15 is 0 Å². The first-order valence-corrected chi connectivity index (χ1v) is 8.78. The minimum absolute atomic E-state index is 0.0402. The van der Waals surface area contributed by atoms with Crippen LogP contribution in [0.3, 0.4) is 0 Å². The maximum Gasteiger partial charge on any atom is 0.247 e. The van der Waals surface area contributed by atoms with Gasteiger partial charge in [-0.15, -0.1) is 0 Å². The smallest absolute Gasteiger partial charge is 0.247 e. The second kappa shape index (κ2) is 6.42. The van der Waals surface area contributed by atoms with Crippen LogP contribution >= 0.6 is 0 Å². The number of amides is 2. The van der Waals surface area contributed by atoms with Gasteiger partial charge in [0.05, 0.1) is 17.1 Å². The summed E-state index contributed by atoms with van der Waals surface area (Å²) in [7, 11) is 3.82. The van der Waals surface area contributed by atoms with Crippen LogP contribution in [-0.4, -0.2) is 48.1 Å². The van der Waals surface area contributed by atoms with Gasteiger partial charge in [-0.1, -0.05) is 6.07 Å². The van der Waals surface area contributed by atoms with Crippen molar-refractivity contribution in [3.63, 3.8) is 0 Å². The quantitative estimate of drug-likeness (QED) is 0.815. The van der Waals surface area contributed by atoms with E-state index in [1.165, 1.54) is 0 Å². The van der Waals surface area contributed by atoms with E-state index in [4.69, 9.17) is 0 Å². The number of carbonyl (C=O) groups excluding carboxylic acids is 3. The molecule has 1 atom stereocenters. The van der Waals surface area contributed by atoms with Crippen LogP contribution in [0.1, 0.15) is 34.5 Å². The fourth-order valence-electron chi connectivity index (χ4n) is 3.73. The van der Waals surface area contributed by atoms with Gasteiger partial charge in [-0.05, 0) is 30.2 Å². The van der Waals surface area contributed by atoms with Crippen LogP contribution in [0.15, 0.2) is 36.7 Å². The lowest BCUT2D eigenvalue weighted by Gasteiger charge is -2.32. The Morgan fingerprint density at radius 2 is 2.07 bits per heavy atom. The zero-order valence-corrected chi connectivity index (χ0v) is 15.2. The summed E-state index contributed by atoms with van der Waals surface area (Å²) in [5, 5.41) is 2.89. The molecule has 1 fully saturated rings. The summed E-state index contributed by atoms with van der Waals surface area (Å²) in [6, 6.07) is 7.00. The normalized spacial score (nSPS) is 18.8. The van der Waals surface area contributed by atoms with Crippen LogP contribution < -0.4 is 10.2 Å². The third-order valence-electron chi connectivity index (χ3n) is 4.92. The standard InChI is InChI=1S/C20H20N4O3/c1-23(2)10-14(13-7-8-21-16(13)11-25)12-3-4-15-18(9-12)24-17(20(27)22-15)5-6-19(24)26/h3-4,7-11,17,21H,5-6H2,1-2H3,(H,22,27)/b14-10-. The Morgan fingerprint density at radius 1 is 1.26 bits per heavy atom. The minimum Gasteiger partial charge on any atom is -0.383 e. The van der Waals surface area contributed by atoms with E-state index in [1.54, 1.807) is 17.2 Å². The Bertz CT molecular complexity index is 973. The van der Waals surface area contributed by atoms with E-state index in [0.717, 1.165) is 23.0 Å². The van der Waals surface area contributed by atoms with Gasteiger partial charge in [-0.3, -0.25) is 19.3 Å². The molecule has 3 heterocycles. The minimum atomic E-state index is -0.445. The molecule has 1 aromatic carbocycles. The lowest BCUT2D eigenvalue weighted by atomic mass is 9.96. The highest BCUT2D eigenvalue weighted by Gasteiger charge is 2.41. The Labute approximate surface area is 156 Å². The summed E-state index contributed by atoms with van der Waals surface area (Å²) in [6.45, 7) is 0. The van der Waals surface area contributed by atoms with Crippen LogP contribution in [0.2, 0.25) is 0 Å². The van der Waals surface area contributed by atoms with Crippen molar-refractivity contribution >= 4 is 35.0 Å². The molecule has 0 bridgehead atoms. The Morgan fingerprint density at radius 3 is 2.81 bits per heavy atom. The second-order valence-electron chi connectivity index (χ2n) is 6.97. The predicted octanol–water partition coefficient (Wildman–Crippen LogP) is 2.23. The first-order valence-electron chi connectivity index (χ1n) is 8.78. The molecule has 2 N–H and O–H groups in total. The molecule has 4 rings (SSSR count). The summed E-state index contributed by atoms with van der Waals surface area (Å²) in [5.41, 5.74) is 4.31. The summed E-state index contributed by atoms with van der Waals surface area (Å²) < 4.78 is 0. The number of benzene rings is 1. The summed E-state index contributed by atoms with van der Waals surface area (Å²) in [4.78, 5) is 42.5. The van der Waals surface area contributed by atoms with Crippen LogP contribution in [-0.2, 0) is 9.59 Å². The van der Waals surface area contributed by atoms with Gasteiger partial charge in [-0.2, -0.15) is 0 Å². The number of anilines is 2. The molecule has 1 aromatic heterocycles. The van der Waals surface area contributed by atoms with E-state index in [2.05, 4.69) is 10.3 Å². The zero-order valence-electron chi connectivity index (χ0n) is 15.2. The second-order valence-corrected chi connectivity index (χ2v) is 6.97. The molecular formula is C20H20N4O3. The maximum atomic E-state index is 12.4. The number of fused-ring (bicyclic) bond motifs is 3. The lowest BCUT2D eigenvalue weighted by Crippen LogP contribution is -2.45. The molecule has 2 amide bonds. The van der Waals surface area contributed by atoms with Crippen molar-refractivity contribution in [2.24, 2.45) is 0 Å². The molecule has 2 aliphatic heterocycles. The molecule has 0 saturated carbocycles. The number of aromatic amines is 1. The molecule has 0 spiro atoms. The summed E-state index contributed by atoms with van der Waals surface area (Å²) in [5.74, 6) is -0.180. The van der Waals surface area contributed by atoms with Gasteiger partial charge in [-0.25, -0.2) is 0 Å². The van der Waals surface area contributed by atoms with E-state index in [0.29, 0.717) is 29.9 Å². The monoisotopic (exact) mass is 364 g/mol. The van der Waals surface area contributed by atoms with Crippen molar-refractivity contribution in [3.8, 4) is 0 Å². The number of rotatable bonds is 4. The molecule has 0 aliphatic carbocycles. The van der Waals surface area contributed by atoms with Crippen LogP contribution in [0.25, 0.3) is 5.57 Å². The first-order chi connectivity index (χ1) is 13.0. The number of H-pyrrole nitrogens is 1. The van der Waals surface area contributed by atoms with Crippen LogP contribution in [0.5, 0.6) is 0 Å². The number of aldehydes is 1. The third kappa shape index (κ3) is 2.81. The van der Waals surface area contributed by atoms with Crippen LogP contribution in [0, 0.1) is 0 Å². The van der Waals surface area contributed by atoms with E-state index in [-0.39, 0.29) is 11.8 Å². The highest BCUT2D eigenvalue weighted by atomic mass is 16.2. The van der Waals surface area contributed by atoms with Gasteiger partial charge >= 0.3 is 0 Å². The van der Waals surface area contributed by atoms with Gasteiger partial charge in [0.1, 0.15) is 6.04 Å². The topological polar surface area (TPSA) is 85.5 Å². The number of hydrogen-bond donors (Lipinski definition) is 2. The van der Waals surface area contributed by atoms with Crippen molar-refractivity contribution in [2.75, 3.05) is 24.3 Å². The van der Waals surface area contributed by atoms with E-state index in [1.807, 2.05) is 43.4 Å². The van der Waals surface area contributed by atoms with Crippen molar-refractivity contribution in [1.82, 2.24) is 9.88 Å². The van der Waals surface area contributed by atoms with Gasteiger partial charge in [0.15, 0.2) is 6.29 Å². The fraction of sp³-hybridized carbons (Fsp3) is 0.250. The molecule has 27 heavy (non-hydrogen) atoms. The van der Waals surface area contributed by atoms with Gasteiger partial charge in [0.2, 0.25) is 11.8 Å². The largest absolute Gasteiger partial charge is 0.383 e. The molecule has 7 nitrogen and oxygen atoms in total. The first kappa shape index (κ1) is 17.1. The molecule has 7 heteroatoms. The molecule has 1 saturated heterocycles. The number of aromatic nitrogens is 1. The highest BCUT2D eigenvalue weighted by Crippen LogP contribution is 2.40. The summed E-state index contributed by atoms with van der Waals surface area (Å²) >= 11 is 0. The zero-order chi connectivity index (χ0) is 19.1. The average molecular weight is 364 g/mol. The van der Waals surface area contributed by atoms with E-state index in [9.17, 15) is 14.4 Å². The molecular weight excluding hydrogens is 344 g/mol. The van der Waals surface area contributed by atoms with Crippen molar-refractivity contribution in [2.45, 2.75) is 18.9 Å². The fourth-order valence-corrected chi connectivity index (χ4v) is 3.73. The van der Waals surface area contributed by atoms with Gasteiger partial charge in [0.25, 0.3) is 0 Å². The van der Waals surface area contributed by atoms with Crippen molar-refractivity contribution in [1.29, 1.82) is 0 Å². The SMILES string of the molecule is CN(C)/C=C(/c1ccc2c(c1)N1C(=O)CCC1C(=O)N2)c1cc[nH]c1C=O. The van der Waals surface area contributed by atoms with Crippen molar-refractivity contribution in [3.05, 3.63) is 53.5 Å². The third-order valence-corrected chi connectivity index (χ3v) is 4.92. The van der Waals surface area contributed by atoms with Gasteiger partial charge < -0.3 is 15.2 Å². The lowest BCUT2D eigenvalue weighted by molar-refractivity contribution is -0.120.